The Morgan fingerprint density at radius 1 is 1.56 bits per heavy atom. The highest BCUT2D eigenvalue weighted by Gasteiger charge is 1.96. The van der Waals surface area contributed by atoms with Crippen LogP contribution in [0.5, 0.6) is 0 Å². The van der Waals surface area contributed by atoms with Gasteiger partial charge in [0.1, 0.15) is 0 Å². The third-order valence-corrected chi connectivity index (χ3v) is 0.874. The molecule has 0 spiro atoms. The summed E-state index contributed by atoms with van der Waals surface area (Å²) in [5.74, 6) is -1.00. The van der Waals surface area contributed by atoms with Gasteiger partial charge < -0.3 is 4.74 Å². The summed E-state index contributed by atoms with van der Waals surface area (Å²) < 4.78 is 4.89. The number of ether oxygens (including phenoxy) is 1. The first-order valence-corrected chi connectivity index (χ1v) is 3.05. The Hall–Kier alpha value is -0.570. The SMILES string of the molecule is CCOCCCC([O])=O. The molecule has 0 aliphatic rings. The molecule has 0 unspecified atom stereocenters. The third kappa shape index (κ3) is 7.43. The van der Waals surface area contributed by atoms with E-state index >= 15 is 0 Å². The molecular weight excluding hydrogens is 120 g/mol. The second kappa shape index (κ2) is 5.56. The van der Waals surface area contributed by atoms with Crippen molar-refractivity contribution in [1.82, 2.24) is 0 Å². The second-order valence-corrected chi connectivity index (χ2v) is 1.67. The molecule has 0 N–H and O–H groups in total. The molecule has 3 nitrogen and oxygen atoms in total. The summed E-state index contributed by atoms with van der Waals surface area (Å²) in [6.07, 6.45) is 0.649. The van der Waals surface area contributed by atoms with Gasteiger partial charge in [0.25, 0.3) is 0 Å². The van der Waals surface area contributed by atoms with Crippen LogP contribution in [0, 0.1) is 0 Å². The van der Waals surface area contributed by atoms with Crippen molar-refractivity contribution in [2.45, 2.75) is 19.8 Å². The normalized spacial score (nSPS) is 9.44. The van der Waals surface area contributed by atoms with Crippen LogP contribution in [0.1, 0.15) is 19.8 Å². The van der Waals surface area contributed by atoms with Gasteiger partial charge in [-0.2, -0.15) is 0 Å². The minimum atomic E-state index is -1.00. The molecular formula is C6H11O3. The maximum absolute atomic E-state index is 9.80. The van der Waals surface area contributed by atoms with Gasteiger partial charge in [-0.05, 0) is 13.3 Å². The molecule has 9 heavy (non-hydrogen) atoms. The van der Waals surface area contributed by atoms with Gasteiger partial charge in [0.2, 0.25) is 0 Å². The first-order valence-electron chi connectivity index (χ1n) is 3.05. The van der Waals surface area contributed by atoms with E-state index in [0.717, 1.165) is 0 Å². The maximum Gasteiger partial charge on any atom is 0.355 e. The average molecular weight is 131 g/mol. The number of carbonyl (C=O) groups is 1. The maximum atomic E-state index is 9.80. The number of rotatable bonds is 5. The molecule has 0 bridgehead atoms. The minimum absolute atomic E-state index is 0.0972. The van der Waals surface area contributed by atoms with E-state index in [4.69, 9.17) is 4.74 Å². The van der Waals surface area contributed by atoms with Crippen molar-refractivity contribution in [2.75, 3.05) is 13.2 Å². The summed E-state index contributed by atoms with van der Waals surface area (Å²) in [5.41, 5.74) is 0. The Morgan fingerprint density at radius 2 is 2.22 bits per heavy atom. The fraction of sp³-hybridized carbons (Fsp3) is 0.833. The van der Waals surface area contributed by atoms with Gasteiger partial charge in [-0.15, -0.1) is 0 Å². The second-order valence-electron chi connectivity index (χ2n) is 1.67. The standard InChI is InChI=1S/C6H11O3/c1-2-9-5-3-4-6(7)8/h2-5H2,1H3. The largest absolute Gasteiger partial charge is 0.382 e. The zero-order valence-electron chi connectivity index (χ0n) is 5.55. The molecule has 0 aromatic heterocycles. The molecule has 0 atom stereocenters. The first kappa shape index (κ1) is 8.43. The number of carbonyl (C=O) groups excluding carboxylic acids is 1. The Bertz CT molecular complexity index is 80.4. The van der Waals surface area contributed by atoms with Gasteiger partial charge in [0.15, 0.2) is 0 Å². The number of hydrogen-bond donors (Lipinski definition) is 0. The van der Waals surface area contributed by atoms with E-state index in [1.807, 2.05) is 6.92 Å². The highest BCUT2D eigenvalue weighted by atomic mass is 16.5. The molecule has 0 aliphatic carbocycles. The molecule has 0 saturated heterocycles. The highest BCUT2D eigenvalue weighted by Crippen LogP contribution is 1.89. The summed E-state index contributed by atoms with van der Waals surface area (Å²) in [7, 11) is 0. The van der Waals surface area contributed by atoms with Crippen molar-refractivity contribution >= 4 is 5.97 Å². The van der Waals surface area contributed by atoms with Crippen molar-refractivity contribution in [3.05, 3.63) is 0 Å². The molecule has 53 valence electrons. The summed E-state index contributed by atoms with van der Waals surface area (Å²) in [6.45, 7) is 3.04. The lowest BCUT2D eigenvalue weighted by Gasteiger charge is -1.95. The van der Waals surface area contributed by atoms with E-state index < -0.39 is 5.97 Å². The molecule has 0 heterocycles. The van der Waals surface area contributed by atoms with E-state index in [0.29, 0.717) is 19.6 Å². The lowest BCUT2D eigenvalue weighted by atomic mass is 10.3. The highest BCUT2D eigenvalue weighted by molar-refractivity contribution is 5.66. The molecule has 0 aromatic carbocycles. The van der Waals surface area contributed by atoms with Crippen LogP contribution in [0.3, 0.4) is 0 Å². The van der Waals surface area contributed by atoms with Crippen LogP contribution in [-0.2, 0) is 14.6 Å². The van der Waals surface area contributed by atoms with Crippen molar-refractivity contribution in [3.63, 3.8) is 0 Å². The van der Waals surface area contributed by atoms with E-state index in [-0.39, 0.29) is 6.42 Å². The fourth-order valence-corrected chi connectivity index (χ4v) is 0.463. The van der Waals surface area contributed by atoms with Gasteiger partial charge >= 0.3 is 5.97 Å². The van der Waals surface area contributed by atoms with Crippen LogP contribution in [0.15, 0.2) is 0 Å². The van der Waals surface area contributed by atoms with Gasteiger partial charge in [-0.1, -0.05) is 0 Å². The molecule has 0 aromatic rings. The lowest BCUT2D eigenvalue weighted by Crippen LogP contribution is -1.98. The molecule has 0 aliphatic heterocycles. The van der Waals surface area contributed by atoms with Crippen LogP contribution in [0.4, 0.5) is 0 Å². The van der Waals surface area contributed by atoms with Gasteiger partial charge in [0.05, 0.1) is 6.42 Å². The summed E-state index contributed by atoms with van der Waals surface area (Å²) in [5, 5.41) is 9.80. The predicted octanol–water partition coefficient (Wildman–Crippen LogP) is 0.760. The first-order chi connectivity index (χ1) is 4.27. The number of hydrogen-bond acceptors (Lipinski definition) is 2. The van der Waals surface area contributed by atoms with Crippen LogP contribution in [0.2, 0.25) is 0 Å². The van der Waals surface area contributed by atoms with Crippen molar-refractivity contribution in [1.29, 1.82) is 0 Å². The molecule has 0 fully saturated rings. The van der Waals surface area contributed by atoms with Crippen molar-refractivity contribution < 1.29 is 14.6 Å². The molecule has 3 heteroatoms. The van der Waals surface area contributed by atoms with Crippen LogP contribution < -0.4 is 0 Å². The zero-order chi connectivity index (χ0) is 7.11. The summed E-state index contributed by atoms with van der Waals surface area (Å²) in [4.78, 5) is 9.80. The monoisotopic (exact) mass is 131 g/mol. The molecule has 0 amide bonds. The average Bonchev–Trinajstić information content (AvgIpc) is 1.80. The van der Waals surface area contributed by atoms with Gasteiger partial charge in [0, 0.05) is 13.2 Å². The lowest BCUT2D eigenvalue weighted by molar-refractivity contribution is -0.143. The molecule has 1 radical (unpaired) electrons. The van der Waals surface area contributed by atoms with E-state index in [9.17, 15) is 9.90 Å². The van der Waals surface area contributed by atoms with Gasteiger partial charge in [-0.3, -0.25) is 0 Å². The van der Waals surface area contributed by atoms with E-state index in [2.05, 4.69) is 0 Å². The summed E-state index contributed by atoms with van der Waals surface area (Å²) >= 11 is 0. The Morgan fingerprint density at radius 3 is 2.67 bits per heavy atom. The molecule has 0 saturated carbocycles. The predicted molar refractivity (Wildman–Crippen MR) is 31.4 cm³/mol. The molecule has 0 rings (SSSR count). The van der Waals surface area contributed by atoms with Crippen LogP contribution >= 0.6 is 0 Å². The Balaban J connectivity index is 2.83. The quantitative estimate of drug-likeness (QED) is 0.517. The Kier molecular flexibility index (Phi) is 5.21. The topological polar surface area (TPSA) is 46.2 Å². The zero-order valence-corrected chi connectivity index (χ0v) is 5.55. The van der Waals surface area contributed by atoms with Gasteiger partial charge in [-0.25, -0.2) is 9.90 Å². The van der Waals surface area contributed by atoms with Crippen molar-refractivity contribution in [3.8, 4) is 0 Å². The minimum Gasteiger partial charge on any atom is -0.382 e. The van der Waals surface area contributed by atoms with Crippen molar-refractivity contribution in [2.24, 2.45) is 0 Å². The Labute approximate surface area is 54.6 Å². The van der Waals surface area contributed by atoms with E-state index in [1.165, 1.54) is 0 Å². The summed E-state index contributed by atoms with van der Waals surface area (Å²) in [6, 6.07) is 0. The third-order valence-electron chi connectivity index (χ3n) is 0.874. The van der Waals surface area contributed by atoms with Crippen LogP contribution in [0.25, 0.3) is 0 Å². The fourth-order valence-electron chi connectivity index (χ4n) is 0.463. The van der Waals surface area contributed by atoms with E-state index in [1.54, 1.807) is 0 Å². The van der Waals surface area contributed by atoms with Crippen LogP contribution in [-0.4, -0.2) is 19.2 Å². The smallest absolute Gasteiger partial charge is 0.355 e.